The third-order valence-electron chi connectivity index (χ3n) is 4.26. The second-order valence-corrected chi connectivity index (χ2v) is 5.69. The number of carbonyl (C=O) groups excluding carboxylic acids is 1. The smallest absolute Gasteiger partial charge is 0.329 e. The number of carboxylic acid groups (broad SMARTS) is 1. The Balaban J connectivity index is 1.90. The highest BCUT2D eigenvalue weighted by atomic mass is 16.5. The van der Waals surface area contributed by atoms with Gasteiger partial charge in [0.15, 0.2) is 0 Å². The van der Waals surface area contributed by atoms with E-state index >= 15 is 0 Å². The zero-order valence-electron chi connectivity index (χ0n) is 13.1. The lowest BCUT2D eigenvalue weighted by Crippen LogP contribution is -2.52. The van der Waals surface area contributed by atoms with Crippen LogP contribution >= 0.6 is 0 Å². The molecule has 0 radical (unpaired) electrons. The van der Waals surface area contributed by atoms with Crippen molar-refractivity contribution in [3.05, 3.63) is 30.1 Å². The Morgan fingerprint density at radius 2 is 2.08 bits per heavy atom. The van der Waals surface area contributed by atoms with E-state index in [0.29, 0.717) is 29.8 Å². The molecule has 9 heteroatoms. The number of methoxy groups -OCH3 is 1. The molecular formula is C15H17N5O4. The average molecular weight is 331 g/mol. The Hall–Kier alpha value is -2.97. The van der Waals surface area contributed by atoms with Crippen LogP contribution in [0.3, 0.4) is 0 Å². The first-order chi connectivity index (χ1) is 11.6. The van der Waals surface area contributed by atoms with Gasteiger partial charge in [0.2, 0.25) is 0 Å². The maximum atomic E-state index is 12.6. The van der Waals surface area contributed by atoms with Crippen LogP contribution in [-0.2, 0) is 4.79 Å². The van der Waals surface area contributed by atoms with E-state index in [-0.39, 0.29) is 0 Å². The summed E-state index contributed by atoms with van der Waals surface area (Å²) in [4.78, 5) is 24.1. The Morgan fingerprint density at radius 3 is 2.67 bits per heavy atom. The lowest BCUT2D eigenvalue weighted by atomic mass is 9.97. The first-order valence-electron chi connectivity index (χ1n) is 7.53. The van der Waals surface area contributed by atoms with Crippen molar-refractivity contribution in [2.24, 2.45) is 0 Å². The average Bonchev–Trinajstić information content (AvgIpc) is 3.26. The van der Waals surface area contributed by atoms with Gasteiger partial charge in [-0.05, 0) is 41.5 Å². The van der Waals surface area contributed by atoms with Gasteiger partial charge < -0.3 is 15.2 Å². The van der Waals surface area contributed by atoms with Gasteiger partial charge in [-0.25, -0.2) is 4.79 Å². The zero-order valence-corrected chi connectivity index (χ0v) is 13.1. The molecule has 24 heavy (non-hydrogen) atoms. The molecule has 0 unspecified atom stereocenters. The molecule has 0 atom stereocenters. The molecular weight excluding hydrogens is 314 g/mol. The largest absolute Gasteiger partial charge is 0.494 e. The Kier molecular flexibility index (Phi) is 4.15. The minimum atomic E-state index is -1.19. The predicted octanol–water partition coefficient (Wildman–Crippen LogP) is 0.798. The number of tetrazole rings is 1. The van der Waals surface area contributed by atoms with Gasteiger partial charge in [-0.2, -0.15) is 4.68 Å². The van der Waals surface area contributed by atoms with Crippen molar-refractivity contribution in [1.29, 1.82) is 0 Å². The lowest BCUT2D eigenvalue weighted by Gasteiger charge is -2.25. The lowest BCUT2D eigenvalue weighted by molar-refractivity contribution is -0.144. The molecule has 0 saturated heterocycles. The van der Waals surface area contributed by atoms with Crippen LogP contribution in [0, 0.1) is 0 Å². The van der Waals surface area contributed by atoms with Gasteiger partial charge in [0.1, 0.15) is 23.3 Å². The molecule has 3 rings (SSSR count). The van der Waals surface area contributed by atoms with Crippen LogP contribution in [-0.4, -0.2) is 49.8 Å². The topological polar surface area (TPSA) is 119 Å². The van der Waals surface area contributed by atoms with Gasteiger partial charge in [0.05, 0.1) is 7.11 Å². The maximum absolute atomic E-state index is 12.6. The van der Waals surface area contributed by atoms with Crippen molar-refractivity contribution in [3.63, 3.8) is 0 Å². The standard InChI is InChI=1S/C15H17N5O4/c1-24-12-5-4-10(8-11(12)20-9-16-18-19-20)13(21)17-15(14(22)23)6-2-3-7-15/h4-5,8-9H,2-3,6-7H2,1H3,(H,17,21)(H,22,23). The fourth-order valence-corrected chi connectivity index (χ4v) is 2.94. The Bertz CT molecular complexity index is 753. The van der Waals surface area contributed by atoms with Crippen LogP contribution < -0.4 is 10.1 Å². The molecule has 0 spiro atoms. The molecule has 0 bridgehead atoms. The predicted molar refractivity (Wildman–Crippen MR) is 82.0 cm³/mol. The molecule has 1 fully saturated rings. The van der Waals surface area contributed by atoms with E-state index < -0.39 is 17.4 Å². The molecule has 0 aliphatic heterocycles. The van der Waals surface area contributed by atoms with E-state index in [4.69, 9.17) is 4.74 Å². The number of benzene rings is 1. The van der Waals surface area contributed by atoms with E-state index in [1.807, 2.05) is 0 Å². The summed E-state index contributed by atoms with van der Waals surface area (Å²) in [7, 11) is 1.50. The van der Waals surface area contributed by atoms with Gasteiger partial charge >= 0.3 is 5.97 Å². The van der Waals surface area contributed by atoms with Crippen molar-refractivity contribution in [2.75, 3.05) is 7.11 Å². The molecule has 9 nitrogen and oxygen atoms in total. The molecule has 2 N–H and O–H groups in total. The summed E-state index contributed by atoms with van der Waals surface area (Å²) in [6, 6.07) is 4.76. The first-order valence-corrected chi connectivity index (χ1v) is 7.53. The second kappa shape index (κ2) is 6.26. The molecule has 1 saturated carbocycles. The van der Waals surface area contributed by atoms with Crippen LogP contribution in [0.5, 0.6) is 5.75 Å². The number of aliphatic carboxylic acids is 1. The summed E-state index contributed by atoms with van der Waals surface area (Å²) in [6.45, 7) is 0. The van der Waals surface area contributed by atoms with Crippen molar-refractivity contribution < 1.29 is 19.4 Å². The van der Waals surface area contributed by atoms with Crippen LogP contribution in [0.25, 0.3) is 5.69 Å². The van der Waals surface area contributed by atoms with Crippen molar-refractivity contribution in [3.8, 4) is 11.4 Å². The molecule has 1 aromatic carbocycles. The van der Waals surface area contributed by atoms with Crippen molar-refractivity contribution >= 4 is 11.9 Å². The first kappa shape index (κ1) is 15.9. The number of carboxylic acids is 1. The number of rotatable bonds is 5. The number of ether oxygens (including phenoxy) is 1. The number of nitrogens with zero attached hydrogens (tertiary/aromatic N) is 4. The minimum Gasteiger partial charge on any atom is -0.494 e. The number of hydrogen-bond donors (Lipinski definition) is 2. The number of nitrogens with one attached hydrogen (secondary N) is 1. The number of hydrogen-bond acceptors (Lipinski definition) is 6. The van der Waals surface area contributed by atoms with E-state index in [1.165, 1.54) is 18.1 Å². The quantitative estimate of drug-likeness (QED) is 0.831. The SMILES string of the molecule is COc1ccc(C(=O)NC2(C(=O)O)CCCC2)cc1-n1cnnn1. The molecule has 1 aromatic heterocycles. The summed E-state index contributed by atoms with van der Waals surface area (Å²) in [5, 5.41) is 23.1. The van der Waals surface area contributed by atoms with Crippen LogP contribution in [0.2, 0.25) is 0 Å². The molecule has 126 valence electrons. The monoisotopic (exact) mass is 331 g/mol. The summed E-state index contributed by atoms with van der Waals surface area (Å²) in [5.74, 6) is -0.952. The highest BCUT2D eigenvalue weighted by molar-refractivity contribution is 5.98. The van der Waals surface area contributed by atoms with Crippen molar-refractivity contribution in [2.45, 2.75) is 31.2 Å². The van der Waals surface area contributed by atoms with Crippen LogP contribution in [0.4, 0.5) is 0 Å². The fraction of sp³-hybridized carbons (Fsp3) is 0.400. The highest BCUT2D eigenvalue weighted by Crippen LogP contribution is 2.31. The maximum Gasteiger partial charge on any atom is 0.329 e. The highest BCUT2D eigenvalue weighted by Gasteiger charge is 2.42. The molecule has 2 aromatic rings. The summed E-state index contributed by atoms with van der Waals surface area (Å²) >= 11 is 0. The van der Waals surface area contributed by atoms with Gasteiger partial charge in [-0.1, -0.05) is 12.8 Å². The minimum absolute atomic E-state index is 0.314. The van der Waals surface area contributed by atoms with Crippen molar-refractivity contribution in [1.82, 2.24) is 25.5 Å². The number of aromatic nitrogens is 4. The van der Waals surface area contributed by atoms with Crippen LogP contribution in [0.15, 0.2) is 24.5 Å². The van der Waals surface area contributed by atoms with Gasteiger partial charge in [-0.3, -0.25) is 4.79 Å². The molecule has 1 heterocycles. The van der Waals surface area contributed by atoms with Gasteiger partial charge in [-0.15, -0.1) is 5.10 Å². The Morgan fingerprint density at radius 1 is 1.33 bits per heavy atom. The second-order valence-electron chi connectivity index (χ2n) is 5.69. The van der Waals surface area contributed by atoms with E-state index in [0.717, 1.165) is 12.8 Å². The van der Waals surface area contributed by atoms with Gasteiger partial charge in [0, 0.05) is 5.56 Å². The number of amides is 1. The third-order valence-corrected chi connectivity index (χ3v) is 4.26. The summed E-state index contributed by atoms with van der Waals surface area (Å²) < 4.78 is 6.63. The van der Waals surface area contributed by atoms with E-state index in [2.05, 4.69) is 20.8 Å². The zero-order chi connectivity index (χ0) is 17.2. The number of carbonyl (C=O) groups is 2. The molecule has 1 aliphatic carbocycles. The normalized spacial score (nSPS) is 15.9. The van der Waals surface area contributed by atoms with E-state index in [9.17, 15) is 14.7 Å². The summed E-state index contributed by atoms with van der Waals surface area (Å²) in [5.41, 5.74) is -0.383. The fourth-order valence-electron chi connectivity index (χ4n) is 2.94. The third kappa shape index (κ3) is 2.80. The summed E-state index contributed by atoms with van der Waals surface area (Å²) in [6.07, 6.45) is 3.82. The van der Waals surface area contributed by atoms with Crippen LogP contribution in [0.1, 0.15) is 36.0 Å². The van der Waals surface area contributed by atoms with E-state index in [1.54, 1.807) is 18.2 Å². The Labute approximate surface area is 137 Å². The molecule has 1 amide bonds. The molecule has 1 aliphatic rings. The van der Waals surface area contributed by atoms with Gasteiger partial charge in [0.25, 0.3) is 5.91 Å².